The number of carbonyl (C=O) groups is 1. The molecule has 1 N–H and O–H groups in total. The van der Waals surface area contributed by atoms with E-state index in [0.29, 0.717) is 25.1 Å². The van der Waals surface area contributed by atoms with Crippen LogP contribution in [0.15, 0.2) is 39.6 Å². The van der Waals surface area contributed by atoms with Crippen LogP contribution in [0.1, 0.15) is 35.6 Å². The lowest BCUT2D eigenvalue weighted by atomic mass is 9.85. The monoisotopic (exact) mass is 384 g/mol. The summed E-state index contributed by atoms with van der Waals surface area (Å²) in [6, 6.07) is 6.14. The lowest BCUT2D eigenvalue weighted by Gasteiger charge is -2.38. The minimum atomic E-state index is -4.48. The average molecular weight is 384 g/mol. The fourth-order valence-electron chi connectivity index (χ4n) is 3.59. The molecule has 0 unspecified atom stereocenters. The summed E-state index contributed by atoms with van der Waals surface area (Å²) in [7, 11) is 1.24. The minimum absolute atomic E-state index is 0.0237. The number of hydrogen-bond donors (Lipinski definition) is 1. The molecule has 6 nitrogen and oxygen atoms in total. The van der Waals surface area contributed by atoms with E-state index in [9.17, 15) is 22.8 Å². The Morgan fingerprint density at radius 2 is 2.11 bits per heavy atom. The van der Waals surface area contributed by atoms with E-state index in [1.54, 1.807) is 6.07 Å². The van der Waals surface area contributed by atoms with Crippen molar-refractivity contribution in [2.24, 2.45) is 0 Å². The molecule has 0 bridgehead atoms. The number of amides is 1. The van der Waals surface area contributed by atoms with Gasteiger partial charge in [0.15, 0.2) is 0 Å². The lowest BCUT2D eigenvalue weighted by molar-refractivity contribution is -0.138. The SMILES string of the molecule is COC(=O)N1CC[C@H](c2cc(=O)[nH]o2)C[C@H]1Cc1ccccc1C(F)(F)F. The Labute approximate surface area is 152 Å². The lowest BCUT2D eigenvalue weighted by Crippen LogP contribution is -2.46. The molecule has 1 aliphatic rings. The van der Waals surface area contributed by atoms with E-state index in [-0.39, 0.29) is 23.5 Å². The predicted octanol–water partition coefficient (Wildman–Crippen LogP) is 3.54. The Bertz CT molecular complexity index is 859. The van der Waals surface area contributed by atoms with E-state index in [1.165, 1.54) is 30.2 Å². The number of hydrogen-bond acceptors (Lipinski definition) is 4. The van der Waals surface area contributed by atoms with Crippen LogP contribution in [0.2, 0.25) is 0 Å². The second kappa shape index (κ2) is 7.50. The van der Waals surface area contributed by atoms with Crippen LogP contribution >= 0.6 is 0 Å². The maximum Gasteiger partial charge on any atom is 0.416 e. The quantitative estimate of drug-likeness (QED) is 0.878. The summed E-state index contributed by atoms with van der Waals surface area (Å²) in [6.45, 7) is 0.297. The Morgan fingerprint density at radius 3 is 2.74 bits per heavy atom. The highest BCUT2D eigenvalue weighted by Gasteiger charge is 2.37. The normalized spacial score (nSPS) is 20.5. The van der Waals surface area contributed by atoms with Crippen LogP contribution in [0.3, 0.4) is 0 Å². The fraction of sp³-hybridized carbons (Fsp3) is 0.444. The molecule has 2 atom stereocenters. The standard InChI is InChI=1S/C18H19F3N2O4/c1-26-17(25)23-7-6-12(15-10-16(24)22-27-15)9-13(23)8-11-4-2-3-5-14(11)18(19,20)21/h2-5,10,12-13H,6-9H2,1H3,(H,22,24)/t12-,13+/m0/s1. The van der Waals surface area contributed by atoms with E-state index in [0.717, 1.165) is 6.07 Å². The molecule has 0 spiro atoms. The van der Waals surface area contributed by atoms with Gasteiger partial charge < -0.3 is 14.2 Å². The first-order valence-corrected chi connectivity index (χ1v) is 8.47. The molecule has 146 valence electrons. The van der Waals surface area contributed by atoms with Crippen molar-refractivity contribution in [1.29, 1.82) is 0 Å². The summed E-state index contributed by atoms with van der Waals surface area (Å²) in [6.07, 6.45) is -4.15. The fourth-order valence-corrected chi connectivity index (χ4v) is 3.59. The first-order valence-electron chi connectivity index (χ1n) is 8.47. The molecule has 0 saturated carbocycles. The van der Waals surface area contributed by atoms with Crippen LogP contribution in [0.25, 0.3) is 0 Å². The Hall–Kier alpha value is -2.71. The highest BCUT2D eigenvalue weighted by atomic mass is 19.4. The maximum atomic E-state index is 13.3. The number of nitrogens with zero attached hydrogens (tertiary/aromatic N) is 1. The van der Waals surface area contributed by atoms with Gasteiger partial charge in [0.1, 0.15) is 5.76 Å². The van der Waals surface area contributed by atoms with Crippen LogP contribution in [0.4, 0.5) is 18.0 Å². The van der Waals surface area contributed by atoms with E-state index in [1.807, 2.05) is 0 Å². The van der Waals surface area contributed by atoms with E-state index < -0.39 is 23.9 Å². The molecule has 9 heteroatoms. The number of piperidine rings is 1. The molecule has 3 rings (SSSR count). The summed E-state index contributed by atoms with van der Waals surface area (Å²) >= 11 is 0. The molecule has 2 heterocycles. The van der Waals surface area contributed by atoms with Crippen LogP contribution in [-0.2, 0) is 17.3 Å². The van der Waals surface area contributed by atoms with Crippen molar-refractivity contribution in [2.45, 2.75) is 37.4 Å². The second-order valence-electron chi connectivity index (χ2n) is 6.51. The van der Waals surface area contributed by atoms with Gasteiger partial charge in [-0.25, -0.2) is 4.79 Å². The van der Waals surface area contributed by atoms with Crippen molar-refractivity contribution in [1.82, 2.24) is 10.1 Å². The summed E-state index contributed by atoms with van der Waals surface area (Å²) in [4.78, 5) is 24.9. The summed E-state index contributed by atoms with van der Waals surface area (Å²) in [5, 5.41) is 2.22. The molecular formula is C18H19F3N2O4. The first kappa shape index (κ1) is 19.1. The molecule has 0 radical (unpaired) electrons. The molecular weight excluding hydrogens is 365 g/mol. The van der Waals surface area contributed by atoms with Gasteiger partial charge in [0.2, 0.25) is 0 Å². The third-order valence-corrected chi connectivity index (χ3v) is 4.85. The van der Waals surface area contributed by atoms with Gasteiger partial charge in [-0.1, -0.05) is 18.2 Å². The molecule has 27 heavy (non-hydrogen) atoms. The van der Waals surface area contributed by atoms with Crippen LogP contribution in [0, 0.1) is 0 Å². The van der Waals surface area contributed by atoms with Gasteiger partial charge in [0.05, 0.1) is 12.7 Å². The average Bonchev–Trinajstić information content (AvgIpc) is 3.07. The third kappa shape index (κ3) is 4.17. The highest BCUT2D eigenvalue weighted by Crippen LogP contribution is 2.36. The van der Waals surface area contributed by atoms with Crippen LogP contribution in [0.5, 0.6) is 0 Å². The van der Waals surface area contributed by atoms with Gasteiger partial charge in [-0.05, 0) is 30.9 Å². The molecule has 1 amide bonds. The number of benzene rings is 1. The Kier molecular flexibility index (Phi) is 5.29. The first-order chi connectivity index (χ1) is 12.8. The minimum Gasteiger partial charge on any atom is -0.453 e. The van der Waals surface area contributed by atoms with Crippen molar-refractivity contribution in [3.05, 3.63) is 57.6 Å². The third-order valence-electron chi connectivity index (χ3n) is 4.85. The Morgan fingerprint density at radius 1 is 1.37 bits per heavy atom. The molecule has 1 aliphatic heterocycles. The number of ether oxygens (including phenoxy) is 1. The van der Waals surface area contributed by atoms with Crippen LogP contribution in [-0.4, -0.2) is 35.8 Å². The molecule has 1 saturated heterocycles. The summed E-state index contributed by atoms with van der Waals surface area (Å²) in [5.74, 6) is 0.270. The van der Waals surface area contributed by atoms with Crippen molar-refractivity contribution in [2.75, 3.05) is 13.7 Å². The number of methoxy groups -OCH3 is 1. The number of alkyl halides is 3. The second-order valence-corrected chi connectivity index (χ2v) is 6.51. The van der Waals surface area contributed by atoms with Gasteiger partial charge in [-0.15, -0.1) is 0 Å². The number of aromatic amines is 1. The highest BCUT2D eigenvalue weighted by molar-refractivity contribution is 5.68. The number of aromatic nitrogens is 1. The van der Waals surface area contributed by atoms with Crippen molar-refractivity contribution < 1.29 is 27.2 Å². The van der Waals surface area contributed by atoms with E-state index in [4.69, 9.17) is 9.26 Å². The maximum absolute atomic E-state index is 13.3. The molecule has 1 aromatic carbocycles. The van der Waals surface area contributed by atoms with Crippen molar-refractivity contribution >= 4 is 6.09 Å². The number of carbonyl (C=O) groups excluding carboxylic acids is 1. The number of nitrogens with one attached hydrogen (secondary N) is 1. The number of rotatable bonds is 3. The molecule has 2 aromatic rings. The largest absolute Gasteiger partial charge is 0.453 e. The number of likely N-dealkylation sites (tertiary alicyclic amines) is 1. The van der Waals surface area contributed by atoms with Gasteiger partial charge in [-0.2, -0.15) is 18.3 Å². The van der Waals surface area contributed by atoms with Gasteiger partial charge in [-0.3, -0.25) is 4.79 Å². The summed E-state index contributed by atoms with van der Waals surface area (Å²) < 4.78 is 49.9. The van der Waals surface area contributed by atoms with Crippen LogP contribution < -0.4 is 5.56 Å². The number of halogens is 3. The zero-order chi connectivity index (χ0) is 19.6. The molecule has 1 fully saturated rings. The van der Waals surface area contributed by atoms with Gasteiger partial charge in [0, 0.05) is 24.6 Å². The predicted molar refractivity (Wildman–Crippen MR) is 89.4 cm³/mol. The van der Waals surface area contributed by atoms with Crippen molar-refractivity contribution in [3.63, 3.8) is 0 Å². The topological polar surface area (TPSA) is 75.5 Å². The van der Waals surface area contributed by atoms with Gasteiger partial charge >= 0.3 is 12.3 Å². The molecule has 1 aromatic heterocycles. The number of H-pyrrole nitrogens is 1. The molecule has 0 aliphatic carbocycles. The van der Waals surface area contributed by atoms with E-state index >= 15 is 0 Å². The van der Waals surface area contributed by atoms with Crippen molar-refractivity contribution in [3.8, 4) is 0 Å². The summed E-state index contributed by atoms with van der Waals surface area (Å²) in [5.41, 5.74) is -0.982. The van der Waals surface area contributed by atoms with Gasteiger partial charge in [0.25, 0.3) is 5.56 Å². The zero-order valence-electron chi connectivity index (χ0n) is 14.6. The smallest absolute Gasteiger partial charge is 0.416 e. The zero-order valence-corrected chi connectivity index (χ0v) is 14.6. The van der Waals surface area contributed by atoms with E-state index in [2.05, 4.69) is 5.16 Å². The Balaban J connectivity index is 1.88.